The Bertz CT molecular complexity index is 793. The van der Waals surface area contributed by atoms with Crippen molar-refractivity contribution in [2.75, 3.05) is 13.1 Å². The number of hydrogen-bond donors (Lipinski definition) is 1. The third-order valence-electron chi connectivity index (χ3n) is 5.58. The maximum Gasteiger partial charge on any atom is 0.250 e. The number of carbonyl (C=O) groups excluding carboxylic acids is 1. The summed E-state index contributed by atoms with van der Waals surface area (Å²) < 4.78 is 1.50. The lowest BCUT2D eigenvalue weighted by atomic mass is 9.93. The fourth-order valence-electron chi connectivity index (χ4n) is 4.01. The zero-order valence-electron chi connectivity index (χ0n) is 14.2. The number of piperidine rings is 1. The Morgan fingerprint density at radius 2 is 2.16 bits per heavy atom. The van der Waals surface area contributed by atoms with Crippen LogP contribution in [0, 0.1) is 5.41 Å². The van der Waals surface area contributed by atoms with Crippen molar-refractivity contribution >= 4 is 17.2 Å². The van der Waals surface area contributed by atoms with Crippen LogP contribution in [0.3, 0.4) is 0 Å². The second kappa shape index (κ2) is 6.77. The average molecular weight is 357 g/mol. The Hall–Kier alpha value is -1.92. The molecular formula is C19H23N3O2S. The van der Waals surface area contributed by atoms with Crippen LogP contribution in [0.25, 0.3) is 0 Å². The summed E-state index contributed by atoms with van der Waals surface area (Å²) in [5.74, 6) is 0.0416. The third-order valence-corrected chi connectivity index (χ3v) is 6.31. The van der Waals surface area contributed by atoms with E-state index in [-0.39, 0.29) is 18.0 Å². The van der Waals surface area contributed by atoms with Crippen LogP contribution in [-0.2, 0) is 17.9 Å². The van der Waals surface area contributed by atoms with Crippen molar-refractivity contribution in [3.8, 4) is 0 Å². The predicted octanol–water partition coefficient (Wildman–Crippen LogP) is 2.08. The Morgan fingerprint density at radius 1 is 1.32 bits per heavy atom. The highest BCUT2D eigenvalue weighted by atomic mass is 32.1. The van der Waals surface area contributed by atoms with Crippen LogP contribution in [0.5, 0.6) is 0 Å². The third kappa shape index (κ3) is 3.41. The molecule has 25 heavy (non-hydrogen) atoms. The van der Waals surface area contributed by atoms with E-state index in [1.807, 2.05) is 10.3 Å². The second-order valence-corrected chi connectivity index (χ2v) is 7.93. The van der Waals surface area contributed by atoms with Gasteiger partial charge in [-0.1, -0.05) is 6.07 Å². The predicted molar refractivity (Wildman–Crippen MR) is 98.5 cm³/mol. The fraction of sp³-hybridized carbons (Fsp3) is 0.474. The fourth-order valence-corrected chi connectivity index (χ4v) is 4.67. The number of aromatic nitrogens is 1. The zero-order chi connectivity index (χ0) is 17.3. The summed E-state index contributed by atoms with van der Waals surface area (Å²) in [6.45, 7) is 2.84. The standard InChI is InChI=1S/C19H23N3O2S/c23-17-3-1-2-9-21(17)13-18(24)22(12-15-4-10-25-14-15)16-11-19(16)5-7-20-8-6-19/h1-4,9-10,14,16,20H,5-8,11-13H2/t16-/m1/s1. The average Bonchev–Trinajstić information content (AvgIpc) is 3.06. The summed E-state index contributed by atoms with van der Waals surface area (Å²) >= 11 is 1.66. The van der Waals surface area contributed by atoms with Gasteiger partial charge < -0.3 is 14.8 Å². The van der Waals surface area contributed by atoms with Crippen molar-refractivity contribution in [2.45, 2.75) is 38.4 Å². The molecule has 0 aromatic carbocycles. The van der Waals surface area contributed by atoms with Gasteiger partial charge in [0.25, 0.3) is 5.56 Å². The molecule has 4 rings (SSSR count). The van der Waals surface area contributed by atoms with Crippen molar-refractivity contribution in [3.63, 3.8) is 0 Å². The molecule has 1 aliphatic heterocycles. The minimum Gasteiger partial charge on any atom is -0.333 e. The lowest BCUT2D eigenvalue weighted by Crippen LogP contribution is -2.41. The van der Waals surface area contributed by atoms with E-state index in [1.54, 1.807) is 29.7 Å². The van der Waals surface area contributed by atoms with Crippen molar-refractivity contribution in [3.05, 3.63) is 57.1 Å². The van der Waals surface area contributed by atoms with Gasteiger partial charge in [0.2, 0.25) is 5.91 Å². The number of amides is 1. The van der Waals surface area contributed by atoms with Gasteiger partial charge in [-0.2, -0.15) is 11.3 Å². The molecule has 1 aliphatic carbocycles. The maximum atomic E-state index is 13.1. The Kier molecular flexibility index (Phi) is 4.48. The number of pyridine rings is 1. The van der Waals surface area contributed by atoms with Crippen LogP contribution < -0.4 is 10.9 Å². The first-order chi connectivity index (χ1) is 12.2. The minimum atomic E-state index is -0.126. The van der Waals surface area contributed by atoms with Gasteiger partial charge in [-0.05, 0) is 66.2 Å². The Balaban J connectivity index is 1.54. The van der Waals surface area contributed by atoms with Crippen molar-refractivity contribution in [2.24, 2.45) is 5.41 Å². The molecule has 2 fully saturated rings. The van der Waals surface area contributed by atoms with Gasteiger partial charge in [-0.3, -0.25) is 9.59 Å². The molecular weight excluding hydrogens is 334 g/mol. The van der Waals surface area contributed by atoms with Crippen LogP contribution in [0.1, 0.15) is 24.8 Å². The molecule has 1 amide bonds. The molecule has 5 nitrogen and oxygen atoms in total. The Labute approximate surface area is 151 Å². The molecule has 1 spiro atoms. The first-order valence-corrected chi connectivity index (χ1v) is 9.79. The number of rotatable bonds is 5. The molecule has 0 radical (unpaired) electrons. The first-order valence-electron chi connectivity index (χ1n) is 8.85. The van der Waals surface area contributed by atoms with E-state index in [0.717, 1.165) is 32.4 Å². The largest absolute Gasteiger partial charge is 0.333 e. The molecule has 6 heteroatoms. The van der Waals surface area contributed by atoms with E-state index >= 15 is 0 Å². The highest BCUT2D eigenvalue weighted by Crippen LogP contribution is 2.56. The van der Waals surface area contributed by atoms with E-state index in [1.165, 1.54) is 16.2 Å². The van der Waals surface area contributed by atoms with Gasteiger partial charge in [0.15, 0.2) is 0 Å². The number of hydrogen-bond acceptors (Lipinski definition) is 4. The SMILES string of the molecule is O=C(Cn1ccccc1=O)N(Cc1ccsc1)[C@@H]1CC12CCNCC2. The summed E-state index contributed by atoms with van der Waals surface area (Å²) in [4.78, 5) is 27.0. The van der Waals surface area contributed by atoms with Crippen LogP contribution in [0.2, 0.25) is 0 Å². The number of carbonyl (C=O) groups is 1. The normalized spacial score (nSPS) is 21.2. The van der Waals surface area contributed by atoms with Crippen molar-refractivity contribution < 1.29 is 4.79 Å². The highest BCUT2D eigenvalue weighted by molar-refractivity contribution is 7.07. The molecule has 2 aliphatic rings. The second-order valence-electron chi connectivity index (χ2n) is 7.15. The van der Waals surface area contributed by atoms with E-state index in [4.69, 9.17) is 0 Å². The molecule has 2 aromatic heterocycles. The van der Waals surface area contributed by atoms with Crippen LogP contribution in [0.15, 0.2) is 46.0 Å². The monoisotopic (exact) mass is 357 g/mol. The summed E-state index contributed by atoms with van der Waals surface area (Å²) in [7, 11) is 0. The van der Waals surface area contributed by atoms with Gasteiger partial charge in [-0.15, -0.1) is 0 Å². The molecule has 0 bridgehead atoms. The molecule has 0 unspecified atom stereocenters. The highest BCUT2D eigenvalue weighted by Gasteiger charge is 2.57. The van der Waals surface area contributed by atoms with Gasteiger partial charge in [0.1, 0.15) is 6.54 Å². The van der Waals surface area contributed by atoms with Crippen molar-refractivity contribution in [1.29, 1.82) is 0 Å². The molecule has 1 saturated heterocycles. The summed E-state index contributed by atoms with van der Waals surface area (Å²) in [5, 5.41) is 7.57. The van der Waals surface area contributed by atoms with E-state index < -0.39 is 0 Å². The first kappa shape index (κ1) is 16.5. The van der Waals surface area contributed by atoms with Crippen molar-refractivity contribution in [1.82, 2.24) is 14.8 Å². The summed E-state index contributed by atoms with van der Waals surface area (Å²) in [6, 6.07) is 7.39. The summed E-state index contributed by atoms with van der Waals surface area (Å²) in [5.41, 5.74) is 1.34. The quantitative estimate of drug-likeness (QED) is 0.891. The molecule has 3 heterocycles. The number of nitrogens with zero attached hydrogens (tertiary/aromatic N) is 2. The maximum absolute atomic E-state index is 13.1. The molecule has 1 N–H and O–H groups in total. The smallest absolute Gasteiger partial charge is 0.250 e. The Morgan fingerprint density at radius 3 is 2.88 bits per heavy atom. The van der Waals surface area contributed by atoms with E-state index in [2.05, 4.69) is 16.8 Å². The topological polar surface area (TPSA) is 54.3 Å². The van der Waals surface area contributed by atoms with Gasteiger partial charge >= 0.3 is 0 Å². The molecule has 1 atom stereocenters. The molecule has 132 valence electrons. The number of nitrogens with one attached hydrogen (secondary N) is 1. The number of thiophene rings is 1. The lowest BCUT2D eigenvalue weighted by Gasteiger charge is -2.29. The van der Waals surface area contributed by atoms with E-state index in [0.29, 0.717) is 18.0 Å². The zero-order valence-corrected chi connectivity index (χ0v) is 15.0. The molecule has 1 saturated carbocycles. The van der Waals surface area contributed by atoms with Crippen LogP contribution in [-0.4, -0.2) is 34.5 Å². The van der Waals surface area contributed by atoms with Crippen LogP contribution >= 0.6 is 11.3 Å². The van der Waals surface area contributed by atoms with Gasteiger partial charge in [0, 0.05) is 24.8 Å². The van der Waals surface area contributed by atoms with Crippen LogP contribution in [0.4, 0.5) is 0 Å². The minimum absolute atomic E-state index is 0.0416. The van der Waals surface area contributed by atoms with Gasteiger partial charge in [-0.25, -0.2) is 0 Å². The summed E-state index contributed by atoms with van der Waals surface area (Å²) in [6.07, 6.45) is 5.05. The lowest BCUT2D eigenvalue weighted by molar-refractivity contribution is -0.133. The van der Waals surface area contributed by atoms with Gasteiger partial charge in [0.05, 0.1) is 0 Å². The van der Waals surface area contributed by atoms with E-state index in [9.17, 15) is 9.59 Å². The molecule has 2 aromatic rings.